The molecule has 2 aromatic carbocycles. The lowest BCUT2D eigenvalue weighted by molar-refractivity contribution is -0.136. The number of allylic oxidation sites excluding steroid dienone is 1. The molecule has 1 aliphatic rings. The summed E-state index contributed by atoms with van der Waals surface area (Å²) in [5.41, 5.74) is 4.02. The van der Waals surface area contributed by atoms with Crippen molar-refractivity contribution in [3.8, 4) is 0 Å². The maximum atomic E-state index is 12.4. The van der Waals surface area contributed by atoms with E-state index in [0.717, 1.165) is 16.7 Å². The van der Waals surface area contributed by atoms with Crippen LogP contribution in [0.3, 0.4) is 0 Å². The molecule has 3 nitrogen and oxygen atoms in total. The largest absolute Gasteiger partial charge is 0.481 e. The topological polar surface area (TPSA) is 54.4 Å². The standard InChI is InChI=1S/C18H14O3/c19-17(20)10-13-6-7-14-11-15(18(21)16(14)9-13)8-12-4-2-1-3-5-12/h1-9H,10-11H2,(H,19,20)/b15-8+. The molecule has 0 radical (unpaired) electrons. The first-order valence-electron chi connectivity index (χ1n) is 6.77. The molecule has 0 unspecified atom stereocenters. The highest BCUT2D eigenvalue weighted by molar-refractivity contribution is 6.15. The van der Waals surface area contributed by atoms with E-state index in [1.165, 1.54) is 0 Å². The third-order valence-corrected chi connectivity index (χ3v) is 3.59. The minimum absolute atomic E-state index is 0.00101. The average molecular weight is 278 g/mol. The highest BCUT2D eigenvalue weighted by Gasteiger charge is 2.25. The van der Waals surface area contributed by atoms with Crippen molar-refractivity contribution in [1.29, 1.82) is 0 Å². The van der Waals surface area contributed by atoms with Gasteiger partial charge in [0, 0.05) is 17.6 Å². The molecule has 0 bridgehead atoms. The summed E-state index contributed by atoms with van der Waals surface area (Å²) in [4.78, 5) is 23.2. The number of hydrogen-bond acceptors (Lipinski definition) is 2. The Morgan fingerprint density at radius 2 is 1.90 bits per heavy atom. The van der Waals surface area contributed by atoms with Crippen LogP contribution >= 0.6 is 0 Å². The van der Waals surface area contributed by atoms with Gasteiger partial charge in [0.2, 0.25) is 0 Å². The van der Waals surface area contributed by atoms with Gasteiger partial charge in [0.15, 0.2) is 5.78 Å². The van der Waals surface area contributed by atoms with Gasteiger partial charge in [-0.15, -0.1) is 0 Å². The zero-order valence-electron chi connectivity index (χ0n) is 11.4. The molecule has 0 heterocycles. The number of Topliss-reactive ketones (excluding diaryl/α,β-unsaturated/α-hetero) is 1. The van der Waals surface area contributed by atoms with Crippen molar-refractivity contribution >= 4 is 17.8 Å². The van der Waals surface area contributed by atoms with Crippen molar-refractivity contribution in [2.75, 3.05) is 0 Å². The molecule has 0 atom stereocenters. The Morgan fingerprint density at radius 3 is 2.62 bits per heavy atom. The molecule has 0 spiro atoms. The van der Waals surface area contributed by atoms with Gasteiger partial charge in [0.05, 0.1) is 6.42 Å². The highest BCUT2D eigenvalue weighted by Crippen LogP contribution is 2.28. The van der Waals surface area contributed by atoms with E-state index in [4.69, 9.17) is 5.11 Å². The quantitative estimate of drug-likeness (QED) is 0.877. The fraction of sp³-hybridized carbons (Fsp3) is 0.111. The lowest BCUT2D eigenvalue weighted by Crippen LogP contribution is -2.02. The Balaban J connectivity index is 1.92. The van der Waals surface area contributed by atoms with Crippen LogP contribution in [-0.4, -0.2) is 16.9 Å². The van der Waals surface area contributed by atoms with Gasteiger partial charge in [-0.2, -0.15) is 0 Å². The van der Waals surface area contributed by atoms with Gasteiger partial charge >= 0.3 is 5.97 Å². The van der Waals surface area contributed by atoms with Gasteiger partial charge in [0.25, 0.3) is 0 Å². The van der Waals surface area contributed by atoms with Crippen LogP contribution in [0.4, 0.5) is 0 Å². The summed E-state index contributed by atoms with van der Waals surface area (Å²) in [5, 5.41) is 8.83. The minimum atomic E-state index is -0.888. The van der Waals surface area contributed by atoms with E-state index in [1.807, 2.05) is 42.5 Å². The smallest absolute Gasteiger partial charge is 0.307 e. The molecular weight excluding hydrogens is 264 g/mol. The molecule has 0 amide bonds. The van der Waals surface area contributed by atoms with Gasteiger partial charge < -0.3 is 5.11 Å². The van der Waals surface area contributed by atoms with Crippen LogP contribution in [0.2, 0.25) is 0 Å². The van der Waals surface area contributed by atoms with Gasteiger partial charge in [-0.05, 0) is 28.8 Å². The molecule has 0 saturated carbocycles. The van der Waals surface area contributed by atoms with E-state index in [2.05, 4.69) is 0 Å². The summed E-state index contributed by atoms with van der Waals surface area (Å²) in [7, 11) is 0. The van der Waals surface area contributed by atoms with Gasteiger partial charge in [0.1, 0.15) is 0 Å². The average Bonchev–Trinajstić information content (AvgIpc) is 2.76. The molecule has 0 aromatic heterocycles. The molecule has 104 valence electrons. The number of rotatable bonds is 3. The van der Waals surface area contributed by atoms with E-state index < -0.39 is 5.97 Å². The number of carbonyl (C=O) groups excluding carboxylic acids is 1. The summed E-state index contributed by atoms with van der Waals surface area (Å²) in [6.45, 7) is 0. The summed E-state index contributed by atoms with van der Waals surface area (Å²) in [6.07, 6.45) is 2.45. The molecular formula is C18H14O3. The molecule has 0 fully saturated rings. The van der Waals surface area contributed by atoms with Gasteiger partial charge in [-0.1, -0.05) is 42.5 Å². The van der Waals surface area contributed by atoms with E-state index in [-0.39, 0.29) is 12.2 Å². The zero-order valence-corrected chi connectivity index (χ0v) is 11.4. The number of carboxylic acid groups (broad SMARTS) is 1. The molecule has 1 N–H and O–H groups in total. The number of carbonyl (C=O) groups is 2. The number of benzene rings is 2. The molecule has 2 aromatic rings. The monoisotopic (exact) mass is 278 g/mol. The van der Waals surface area contributed by atoms with Crippen LogP contribution in [0.15, 0.2) is 54.1 Å². The second-order valence-corrected chi connectivity index (χ2v) is 5.15. The number of hydrogen-bond donors (Lipinski definition) is 1. The lowest BCUT2D eigenvalue weighted by Gasteiger charge is -2.00. The summed E-state index contributed by atoms with van der Waals surface area (Å²) < 4.78 is 0. The molecule has 21 heavy (non-hydrogen) atoms. The molecule has 3 rings (SSSR count). The van der Waals surface area contributed by atoms with E-state index in [9.17, 15) is 9.59 Å². The molecule has 0 saturated heterocycles. The van der Waals surface area contributed by atoms with Crippen molar-refractivity contribution in [1.82, 2.24) is 0 Å². The Hall–Kier alpha value is -2.68. The predicted molar refractivity (Wildman–Crippen MR) is 80.2 cm³/mol. The first-order chi connectivity index (χ1) is 10.1. The van der Waals surface area contributed by atoms with Crippen LogP contribution in [0.5, 0.6) is 0 Å². The Morgan fingerprint density at radius 1 is 1.14 bits per heavy atom. The third kappa shape index (κ3) is 2.77. The molecule has 3 heteroatoms. The first-order valence-corrected chi connectivity index (χ1v) is 6.77. The summed E-state index contributed by atoms with van der Waals surface area (Å²) >= 11 is 0. The SMILES string of the molecule is O=C(O)Cc1ccc2c(c1)C(=O)/C(=C/c1ccccc1)C2. The second kappa shape index (κ2) is 5.37. The zero-order chi connectivity index (χ0) is 14.8. The number of ketones is 1. The normalized spacial score (nSPS) is 15.2. The lowest BCUT2D eigenvalue weighted by atomic mass is 10.0. The van der Waals surface area contributed by atoms with Crippen molar-refractivity contribution in [3.05, 3.63) is 76.4 Å². The predicted octanol–water partition coefficient (Wildman–Crippen LogP) is 3.14. The van der Waals surface area contributed by atoms with Crippen LogP contribution in [0.1, 0.15) is 27.0 Å². The van der Waals surface area contributed by atoms with Crippen molar-refractivity contribution < 1.29 is 14.7 Å². The fourth-order valence-corrected chi connectivity index (χ4v) is 2.60. The first kappa shape index (κ1) is 13.3. The van der Waals surface area contributed by atoms with E-state index in [0.29, 0.717) is 17.5 Å². The maximum absolute atomic E-state index is 12.4. The van der Waals surface area contributed by atoms with Crippen molar-refractivity contribution in [2.24, 2.45) is 0 Å². The summed E-state index contributed by atoms with van der Waals surface area (Å²) in [6, 6.07) is 15.1. The Labute approximate surface area is 122 Å². The Bertz CT molecular complexity index is 742. The van der Waals surface area contributed by atoms with Crippen LogP contribution < -0.4 is 0 Å². The molecule has 1 aliphatic carbocycles. The van der Waals surface area contributed by atoms with Crippen molar-refractivity contribution in [3.63, 3.8) is 0 Å². The number of aliphatic carboxylic acids is 1. The van der Waals surface area contributed by atoms with Crippen molar-refractivity contribution in [2.45, 2.75) is 12.8 Å². The Kier molecular flexibility index (Phi) is 3.40. The number of fused-ring (bicyclic) bond motifs is 1. The van der Waals surface area contributed by atoms with E-state index in [1.54, 1.807) is 12.1 Å². The minimum Gasteiger partial charge on any atom is -0.481 e. The highest BCUT2D eigenvalue weighted by atomic mass is 16.4. The van der Waals surface area contributed by atoms with Crippen LogP contribution in [0, 0.1) is 0 Å². The second-order valence-electron chi connectivity index (χ2n) is 5.15. The number of carboxylic acids is 1. The third-order valence-electron chi connectivity index (χ3n) is 3.59. The van der Waals surface area contributed by atoms with Gasteiger partial charge in [-0.3, -0.25) is 9.59 Å². The van der Waals surface area contributed by atoms with E-state index >= 15 is 0 Å². The molecule has 0 aliphatic heterocycles. The maximum Gasteiger partial charge on any atom is 0.307 e. The van der Waals surface area contributed by atoms with Crippen LogP contribution in [-0.2, 0) is 17.6 Å². The van der Waals surface area contributed by atoms with Crippen LogP contribution in [0.25, 0.3) is 6.08 Å². The van der Waals surface area contributed by atoms with Gasteiger partial charge in [-0.25, -0.2) is 0 Å². The summed E-state index contributed by atoms with van der Waals surface area (Å²) in [5.74, 6) is -0.887. The fourth-order valence-electron chi connectivity index (χ4n) is 2.60.